The Morgan fingerprint density at radius 1 is 0.938 bits per heavy atom. The van der Waals surface area contributed by atoms with Gasteiger partial charge in [-0.2, -0.15) is 0 Å². The molecular weight excluding hydrogens is 200 g/mol. The zero-order valence-electron chi connectivity index (χ0n) is 8.84. The second-order valence-corrected chi connectivity index (χ2v) is 3.62. The number of benzene rings is 1. The summed E-state index contributed by atoms with van der Waals surface area (Å²) in [7, 11) is 0. The van der Waals surface area contributed by atoms with Gasteiger partial charge in [-0.05, 0) is 31.2 Å². The number of aromatic nitrogens is 2. The fourth-order valence-corrected chi connectivity index (χ4v) is 1.73. The number of hydrogen-bond acceptors (Lipinski definition) is 3. The number of fused-ring (bicyclic) bond motifs is 1. The highest BCUT2D eigenvalue weighted by molar-refractivity contribution is 5.77. The van der Waals surface area contributed by atoms with Gasteiger partial charge in [0.1, 0.15) is 5.69 Å². The minimum absolute atomic E-state index is 0.760. The van der Waals surface area contributed by atoms with Crippen molar-refractivity contribution in [3.63, 3.8) is 0 Å². The van der Waals surface area contributed by atoms with E-state index in [1.807, 2.05) is 43.3 Å². The molecule has 0 saturated carbocycles. The van der Waals surface area contributed by atoms with E-state index in [1.54, 1.807) is 6.26 Å². The molecule has 2 aromatic heterocycles. The van der Waals surface area contributed by atoms with Gasteiger partial charge in [0, 0.05) is 0 Å². The highest BCUT2D eigenvalue weighted by Gasteiger charge is 2.09. The molecule has 0 unspecified atom stereocenters. The second kappa shape index (κ2) is 3.45. The summed E-state index contributed by atoms with van der Waals surface area (Å²) < 4.78 is 5.35. The summed E-state index contributed by atoms with van der Waals surface area (Å²) in [5, 5.41) is 0. The van der Waals surface area contributed by atoms with Crippen molar-refractivity contribution in [2.75, 3.05) is 0 Å². The Kier molecular flexibility index (Phi) is 1.96. The van der Waals surface area contributed by atoms with Gasteiger partial charge in [-0.3, -0.25) is 0 Å². The maximum absolute atomic E-state index is 5.35. The van der Waals surface area contributed by atoms with Gasteiger partial charge < -0.3 is 4.42 Å². The Morgan fingerprint density at radius 3 is 2.38 bits per heavy atom. The van der Waals surface area contributed by atoms with Crippen LogP contribution in [0.5, 0.6) is 0 Å². The number of rotatable bonds is 1. The lowest BCUT2D eigenvalue weighted by Gasteiger charge is -2.03. The fourth-order valence-electron chi connectivity index (χ4n) is 1.73. The molecule has 0 fully saturated rings. The van der Waals surface area contributed by atoms with E-state index in [0.717, 1.165) is 28.2 Å². The van der Waals surface area contributed by atoms with E-state index in [-0.39, 0.29) is 0 Å². The average Bonchev–Trinajstić information content (AvgIpc) is 2.81. The summed E-state index contributed by atoms with van der Waals surface area (Å²) in [5.41, 5.74) is 3.49. The van der Waals surface area contributed by atoms with Crippen LogP contribution in [-0.4, -0.2) is 9.97 Å². The fraction of sp³-hybridized carbons (Fsp3) is 0.0769. The van der Waals surface area contributed by atoms with E-state index in [0.29, 0.717) is 0 Å². The van der Waals surface area contributed by atoms with Crippen molar-refractivity contribution < 1.29 is 4.42 Å². The first-order valence-corrected chi connectivity index (χ1v) is 5.12. The molecule has 0 radical (unpaired) electrons. The molecule has 78 valence electrons. The van der Waals surface area contributed by atoms with Crippen LogP contribution in [0.15, 0.2) is 47.1 Å². The zero-order valence-corrected chi connectivity index (χ0v) is 8.84. The van der Waals surface area contributed by atoms with Crippen molar-refractivity contribution in [2.45, 2.75) is 6.92 Å². The summed E-state index contributed by atoms with van der Waals surface area (Å²) in [6.45, 7) is 1.94. The van der Waals surface area contributed by atoms with Gasteiger partial charge in [0.15, 0.2) is 5.76 Å². The van der Waals surface area contributed by atoms with E-state index in [2.05, 4.69) is 9.97 Å². The molecule has 3 nitrogen and oxygen atoms in total. The first-order valence-electron chi connectivity index (χ1n) is 5.12. The predicted molar refractivity (Wildman–Crippen MR) is 62.0 cm³/mol. The molecule has 0 bridgehead atoms. The lowest BCUT2D eigenvalue weighted by Crippen LogP contribution is -1.92. The lowest BCUT2D eigenvalue weighted by molar-refractivity contribution is 0.579. The summed E-state index contributed by atoms with van der Waals surface area (Å²) in [6, 6.07) is 11.6. The van der Waals surface area contributed by atoms with Gasteiger partial charge in [-0.25, -0.2) is 9.97 Å². The molecule has 0 aliphatic carbocycles. The average molecular weight is 210 g/mol. The molecule has 16 heavy (non-hydrogen) atoms. The smallest absolute Gasteiger partial charge is 0.154 e. The quantitative estimate of drug-likeness (QED) is 0.619. The second-order valence-electron chi connectivity index (χ2n) is 3.62. The lowest BCUT2D eigenvalue weighted by atomic mass is 10.2. The molecule has 0 saturated heterocycles. The van der Waals surface area contributed by atoms with Gasteiger partial charge in [-0.1, -0.05) is 12.1 Å². The molecule has 0 atom stereocenters. The minimum Gasteiger partial charge on any atom is -0.463 e. The van der Waals surface area contributed by atoms with Gasteiger partial charge in [0.2, 0.25) is 0 Å². The third kappa shape index (κ3) is 1.37. The molecule has 3 rings (SSSR count). The van der Waals surface area contributed by atoms with Crippen LogP contribution < -0.4 is 0 Å². The standard InChI is InChI=1S/C13H10N2O/c1-9-13(12-7-4-8-16-12)15-11-6-3-2-5-10(11)14-9/h2-8H,1H3. The summed E-state index contributed by atoms with van der Waals surface area (Å²) >= 11 is 0. The topological polar surface area (TPSA) is 38.9 Å². The molecule has 0 N–H and O–H groups in total. The van der Waals surface area contributed by atoms with Crippen molar-refractivity contribution >= 4 is 11.0 Å². The molecule has 3 aromatic rings. The van der Waals surface area contributed by atoms with Crippen molar-refractivity contribution in [3.8, 4) is 11.5 Å². The maximum Gasteiger partial charge on any atom is 0.154 e. The monoisotopic (exact) mass is 210 g/mol. The predicted octanol–water partition coefficient (Wildman–Crippen LogP) is 3.20. The first-order chi connectivity index (χ1) is 7.84. The van der Waals surface area contributed by atoms with Crippen LogP contribution in [0.1, 0.15) is 5.69 Å². The molecule has 1 aromatic carbocycles. The number of para-hydroxylation sites is 2. The van der Waals surface area contributed by atoms with Gasteiger partial charge >= 0.3 is 0 Å². The summed E-state index contributed by atoms with van der Waals surface area (Å²) in [6.07, 6.45) is 1.64. The Labute approximate surface area is 92.8 Å². The van der Waals surface area contributed by atoms with Crippen molar-refractivity contribution in [3.05, 3.63) is 48.4 Å². The summed E-state index contributed by atoms with van der Waals surface area (Å²) in [4.78, 5) is 9.07. The Bertz CT molecular complexity index is 629. The third-order valence-corrected chi connectivity index (χ3v) is 2.50. The zero-order chi connectivity index (χ0) is 11.0. The van der Waals surface area contributed by atoms with Crippen LogP contribution in [0.3, 0.4) is 0 Å². The third-order valence-electron chi connectivity index (χ3n) is 2.50. The Morgan fingerprint density at radius 2 is 1.69 bits per heavy atom. The largest absolute Gasteiger partial charge is 0.463 e. The van der Waals surface area contributed by atoms with Gasteiger partial charge in [0.25, 0.3) is 0 Å². The van der Waals surface area contributed by atoms with E-state index in [9.17, 15) is 0 Å². The van der Waals surface area contributed by atoms with Crippen LogP contribution in [0, 0.1) is 6.92 Å². The molecule has 3 heteroatoms. The molecule has 0 aliphatic heterocycles. The minimum atomic E-state index is 0.760. The van der Waals surface area contributed by atoms with Crippen LogP contribution in [0.25, 0.3) is 22.5 Å². The normalized spacial score (nSPS) is 10.8. The van der Waals surface area contributed by atoms with Crippen LogP contribution >= 0.6 is 0 Å². The molecule has 2 heterocycles. The van der Waals surface area contributed by atoms with E-state index < -0.39 is 0 Å². The van der Waals surface area contributed by atoms with E-state index in [4.69, 9.17) is 4.42 Å². The van der Waals surface area contributed by atoms with Crippen LogP contribution in [0.4, 0.5) is 0 Å². The van der Waals surface area contributed by atoms with E-state index in [1.165, 1.54) is 0 Å². The highest BCUT2D eigenvalue weighted by Crippen LogP contribution is 2.22. The molecule has 0 spiro atoms. The SMILES string of the molecule is Cc1nc2ccccc2nc1-c1ccco1. The number of hydrogen-bond donors (Lipinski definition) is 0. The number of furan rings is 1. The van der Waals surface area contributed by atoms with Crippen LogP contribution in [0.2, 0.25) is 0 Å². The first kappa shape index (κ1) is 9.09. The maximum atomic E-state index is 5.35. The number of nitrogens with zero attached hydrogens (tertiary/aromatic N) is 2. The summed E-state index contributed by atoms with van der Waals surface area (Å²) in [5.74, 6) is 0.760. The molecular formula is C13H10N2O. The van der Waals surface area contributed by atoms with Crippen molar-refractivity contribution in [1.82, 2.24) is 9.97 Å². The Hall–Kier alpha value is -2.16. The van der Waals surface area contributed by atoms with Crippen molar-refractivity contribution in [2.24, 2.45) is 0 Å². The van der Waals surface area contributed by atoms with E-state index >= 15 is 0 Å². The van der Waals surface area contributed by atoms with Gasteiger partial charge in [0.05, 0.1) is 23.0 Å². The van der Waals surface area contributed by atoms with Crippen molar-refractivity contribution in [1.29, 1.82) is 0 Å². The van der Waals surface area contributed by atoms with Gasteiger partial charge in [-0.15, -0.1) is 0 Å². The highest BCUT2D eigenvalue weighted by atomic mass is 16.3. The Balaban J connectivity index is 2.30. The number of aryl methyl sites for hydroxylation is 1. The molecule has 0 amide bonds. The van der Waals surface area contributed by atoms with Crippen LogP contribution in [-0.2, 0) is 0 Å². The molecule has 0 aliphatic rings.